The number of hydrogen-bond acceptors (Lipinski definition) is 5. The van der Waals surface area contributed by atoms with Crippen LogP contribution in [-0.4, -0.2) is 22.7 Å². The summed E-state index contributed by atoms with van der Waals surface area (Å²) in [6.07, 6.45) is 0. The summed E-state index contributed by atoms with van der Waals surface area (Å²) < 4.78 is 55.4. The molecule has 0 aromatic heterocycles. The fraction of sp³-hybridized carbons (Fsp3) is 0.0385. The van der Waals surface area contributed by atoms with Crippen LogP contribution >= 0.6 is 23.2 Å². The monoisotopic (exact) mass is 589 g/mol. The van der Waals surface area contributed by atoms with Gasteiger partial charge in [0.25, 0.3) is 26.0 Å². The topological polar surface area (TPSA) is 121 Å². The van der Waals surface area contributed by atoms with Gasteiger partial charge < -0.3 is 5.32 Å². The number of sulfonamides is 2. The lowest BCUT2D eigenvalue weighted by molar-refractivity contribution is 0.102. The highest BCUT2D eigenvalue weighted by Gasteiger charge is 2.18. The molecule has 0 bridgehead atoms. The molecule has 8 nitrogen and oxygen atoms in total. The Labute approximate surface area is 230 Å². The summed E-state index contributed by atoms with van der Waals surface area (Å²) >= 11 is 12.1. The maximum absolute atomic E-state index is 12.7. The highest BCUT2D eigenvalue weighted by Crippen LogP contribution is 2.27. The number of benzene rings is 4. The molecule has 0 saturated carbocycles. The number of anilines is 3. The van der Waals surface area contributed by atoms with Crippen molar-refractivity contribution in [1.29, 1.82) is 0 Å². The maximum Gasteiger partial charge on any atom is 0.261 e. The first kappa shape index (κ1) is 27.5. The van der Waals surface area contributed by atoms with Crippen LogP contribution in [0.15, 0.2) is 101 Å². The van der Waals surface area contributed by atoms with Crippen molar-refractivity contribution >= 4 is 66.2 Å². The van der Waals surface area contributed by atoms with E-state index in [-0.39, 0.29) is 26.1 Å². The maximum atomic E-state index is 12.7. The third-order valence-electron chi connectivity index (χ3n) is 5.33. The lowest BCUT2D eigenvalue weighted by Gasteiger charge is -2.12. The molecular weight excluding hydrogens is 569 g/mol. The molecule has 3 N–H and O–H groups in total. The predicted octanol–water partition coefficient (Wildman–Crippen LogP) is 6.16. The minimum atomic E-state index is -3.87. The molecular formula is C26H21Cl2N3O5S2. The summed E-state index contributed by atoms with van der Waals surface area (Å²) in [6.45, 7) is 1.85. The third-order valence-corrected chi connectivity index (χ3v) is 8.67. The smallest absolute Gasteiger partial charge is 0.261 e. The second-order valence-corrected chi connectivity index (χ2v) is 12.4. The molecule has 4 rings (SSSR count). The van der Waals surface area contributed by atoms with Gasteiger partial charge in [0.05, 0.1) is 20.5 Å². The number of amides is 1. The molecule has 196 valence electrons. The minimum absolute atomic E-state index is 0.00120. The van der Waals surface area contributed by atoms with Crippen LogP contribution in [0.2, 0.25) is 10.0 Å². The van der Waals surface area contributed by atoms with Crippen LogP contribution in [0.1, 0.15) is 15.9 Å². The number of nitrogens with one attached hydrogen (secondary N) is 3. The van der Waals surface area contributed by atoms with Gasteiger partial charge in [-0.2, -0.15) is 0 Å². The Hall–Kier alpha value is -3.57. The Morgan fingerprint density at radius 2 is 1.18 bits per heavy atom. The lowest BCUT2D eigenvalue weighted by atomic mass is 10.2. The molecule has 0 aliphatic heterocycles. The Morgan fingerprint density at radius 1 is 0.658 bits per heavy atom. The van der Waals surface area contributed by atoms with Gasteiger partial charge >= 0.3 is 0 Å². The van der Waals surface area contributed by atoms with Crippen LogP contribution in [-0.2, 0) is 20.0 Å². The fourth-order valence-corrected chi connectivity index (χ4v) is 5.86. The average Bonchev–Trinajstić information content (AvgIpc) is 2.87. The van der Waals surface area contributed by atoms with Gasteiger partial charge in [-0.3, -0.25) is 14.2 Å². The van der Waals surface area contributed by atoms with Crippen LogP contribution in [0, 0.1) is 6.92 Å². The standard InChI is InChI=1S/C26H21Cl2N3O5S2/c1-17-2-11-22(12-3-17)38(35,36)31-25-15-4-18(16-24(25)28)26(32)29-20-9-13-23(14-10-20)37(33,34)30-21-7-5-19(27)6-8-21/h2-16,30-31H,1H3,(H,29,32). The van der Waals surface area contributed by atoms with Gasteiger partial charge in [0.2, 0.25) is 0 Å². The molecule has 0 atom stereocenters. The highest BCUT2D eigenvalue weighted by molar-refractivity contribution is 7.93. The molecule has 4 aromatic carbocycles. The first-order valence-corrected chi connectivity index (χ1v) is 14.7. The summed E-state index contributed by atoms with van der Waals surface area (Å²) in [5.74, 6) is -0.519. The van der Waals surface area contributed by atoms with E-state index < -0.39 is 26.0 Å². The minimum Gasteiger partial charge on any atom is -0.322 e. The molecule has 0 radical (unpaired) electrons. The number of halogens is 2. The zero-order valence-corrected chi connectivity index (χ0v) is 22.9. The van der Waals surface area contributed by atoms with E-state index in [4.69, 9.17) is 23.2 Å². The molecule has 1 amide bonds. The summed E-state index contributed by atoms with van der Waals surface area (Å²) in [7, 11) is -7.72. The van der Waals surface area contributed by atoms with Crippen LogP contribution in [0.25, 0.3) is 0 Å². The van der Waals surface area contributed by atoms with Gasteiger partial charge in [-0.1, -0.05) is 40.9 Å². The highest BCUT2D eigenvalue weighted by atomic mass is 35.5. The Morgan fingerprint density at radius 3 is 1.76 bits per heavy atom. The Balaban J connectivity index is 1.43. The van der Waals surface area contributed by atoms with Crippen LogP contribution in [0.5, 0.6) is 0 Å². The number of rotatable bonds is 8. The van der Waals surface area contributed by atoms with Crippen LogP contribution in [0.3, 0.4) is 0 Å². The van der Waals surface area contributed by atoms with Crippen molar-refractivity contribution in [2.45, 2.75) is 16.7 Å². The number of aryl methyl sites for hydroxylation is 1. The summed E-state index contributed by atoms with van der Waals surface area (Å²) in [4.78, 5) is 12.8. The van der Waals surface area contributed by atoms with Crippen molar-refractivity contribution in [3.63, 3.8) is 0 Å². The van der Waals surface area contributed by atoms with Crippen molar-refractivity contribution in [1.82, 2.24) is 0 Å². The molecule has 0 aliphatic carbocycles. The van der Waals surface area contributed by atoms with E-state index in [1.165, 1.54) is 54.6 Å². The Kier molecular flexibility index (Phi) is 7.98. The fourth-order valence-electron chi connectivity index (χ4n) is 3.31. The molecule has 0 fully saturated rings. The van der Waals surface area contributed by atoms with Gasteiger partial charge in [-0.05, 0) is 85.8 Å². The zero-order valence-electron chi connectivity index (χ0n) is 19.8. The molecule has 12 heteroatoms. The van der Waals surface area contributed by atoms with E-state index in [9.17, 15) is 21.6 Å². The first-order chi connectivity index (χ1) is 17.9. The molecule has 4 aromatic rings. The molecule has 0 aliphatic rings. The third kappa shape index (κ3) is 6.65. The van der Waals surface area contributed by atoms with Gasteiger partial charge in [0.1, 0.15) is 0 Å². The summed E-state index contributed by atoms with van der Waals surface area (Å²) in [6, 6.07) is 22.3. The molecule has 0 spiro atoms. The van der Waals surface area contributed by atoms with E-state index in [0.717, 1.165) is 5.56 Å². The molecule has 0 unspecified atom stereocenters. The normalized spacial score (nSPS) is 11.6. The van der Waals surface area contributed by atoms with Crippen molar-refractivity contribution in [3.8, 4) is 0 Å². The van der Waals surface area contributed by atoms with E-state index in [1.54, 1.807) is 36.4 Å². The molecule has 0 saturated heterocycles. The molecule has 0 heterocycles. The van der Waals surface area contributed by atoms with Crippen LogP contribution < -0.4 is 14.8 Å². The van der Waals surface area contributed by atoms with E-state index in [1.807, 2.05) is 6.92 Å². The summed E-state index contributed by atoms with van der Waals surface area (Å²) in [5, 5.41) is 3.16. The van der Waals surface area contributed by atoms with Crippen molar-refractivity contribution in [2.24, 2.45) is 0 Å². The number of hydrogen-bond donors (Lipinski definition) is 3. The van der Waals surface area contributed by atoms with Gasteiger partial charge in [-0.15, -0.1) is 0 Å². The second-order valence-electron chi connectivity index (χ2n) is 8.20. The first-order valence-electron chi connectivity index (χ1n) is 11.0. The Bertz CT molecular complexity index is 1690. The number of carbonyl (C=O) groups excluding carboxylic acids is 1. The van der Waals surface area contributed by atoms with Gasteiger partial charge in [0.15, 0.2) is 0 Å². The van der Waals surface area contributed by atoms with Crippen molar-refractivity contribution < 1.29 is 21.6 Å². The van der Waals surface area contributed by atoms with E-state index in [0.29, 0.717) is 16.4 Å². The summed E-state index contributed by atoms with van der Waals surface area (Å²) in [5.41, 5.74) is 1.91. The lowest BCUT2D eigenvalue weighted by Crippen LogP contribution is -2.15. The largest absolute Gasteiger partial charge is 0.322 e. The molecule has 38 heavy (non-hydrogen) atoms. The van der Waals surface area contributed by atoms with E-state index in [2.05, 4.69) is 14.8 Å². The zero-order chi connectivity index (χ0) is 27.5. The van der Waals surface area contributed by atoms with Gasteiger partial charge in [-0.25, -0.2) is 16.8 Å². The SMILES string of the molecule is Cc1ccc(S(=O)(=O)Nc2ccc(C(=O)Nc3ccc(S(=O)(=O)Nc4ccc(Cl)cc4)cc3)cc2Cl)cc1. The van der Waals surface area contributed by atoms with Crippen molar-refractivity contribution in [2.75, 3.05) is 14.8 Å². The van der Waals surface area contributed by atoms with Gasteiger partial charge in [0, 0.05) is 22.0 Å². The van der Waals surface area contributed by atoms with E-state index >= 15 is 0 Å². The quantitative estimate of drug-likeness (QED) is 0.227. The number of carbonyl (C=O) groups is 1. The van der Waals surface area contributed by atoms with Crippen molar-refractivity contribution in [3.05, 3.63) is 112 Å². The predicted molar refractivity (Wildman–Crippen MR) is 150 cm³/mol. The van der Waals surface area contributed by atoms with Crippen LogP contribution in [0.4, 0.5) is 17.1 Å². The second kappa shape index (κ2) is 11.0. The average molecular weight is 591 g/mol.